The Kier molecular flexibility index (Phi) is 2.87. The third-order valence-corrected chi connectivity index (χ3v) is 2.25. The number of nitrogen functional groups attached to an aromatic ring is 1. The summed E-state index contributed by atoms with van der Waals surface area (Å²) in [6.45, 7) is 1.83. The van der Waals surface area contributed by atoms with Crippen molar-refractivity contribution in [2.24, 2.45) is 10.2 Å². The first-order chi connectivity index (χ1) is 7.66. The van der Waals surface area contributed by atoms with E-state index in [1.807, 2.05) is 13.0 Å². The molecule has 1 heterocycles. The summed E-state index contributed by atoms with van der Waals surface area (Å²) in [6, 6.07) is 7.11. The van der Waals surface area contributed by atoms with E-state index in [4.69, 9.17) is 17.3 Å². The number of aryl methyl sites for hydroxylation is 1. The van der Waals surface area contributed by atoms with Gasteiger partial charge < -0.3 is 5.73 Å². The number of H-pyrrole nitrogens is 1. The van der Waals surface area contributed by atoms with Gasteiger partial charge in [0.15, 0.2) is 5.82 Å². The van der Waals surface area contributed by atoms with E-state index in [1.165, 1.54) is 0 Å². The molecule has 0 unspecified atom stereocenters. The number of nitrogens with zero attached hydrogens (tertiary/aromatic N) is 3. The highest BCUT2D eigenvalue weighted by Crippen LogP contribution is 2.26. The summed E-state index contributed by atoms with van der Waals surface area (Å²) in [6.07, 6.45) is 0. The van der Waals surface area contributed by atoms with E-state index >= 15 is 0 Å². The van der Waals surface area contributed by atoms with E-state index in [0.29, 0.717) is 22.2 Å². The molecule has 1 aromatic heterocycles. The van der Waals surface area contributed by atoms with Gasteiger partial charge in [0.1, 0.15) is 5.69 Å². The predicted molar refractivity (Wildman–Crippen MR) is 63.4 cm³/mol. The van der Waals surface area contributed by atoms with Crippen LogP contribution in [0.3, 0.4) is 0 Å². The van der Waals surface area contributed by atoms with Crippen molar-refractivity contribution >= 4 is 28.8 Å². The van der Waals surface area contributed by atoms with Crippen LogP contribution in [0.2, 0.25) is 5.02 Å². The molecular weight excluding hydrogens is 226 g/mol. The lowest BCUT2D eigenvalue weighted by molar-refractivity contribution is 1.05. The van der Waals surface area contributed by atoms with Gasteiger partial charge in [0.25, 0.3) is 0 Å². The molecule has 82 valence electrons. The van der Waals surface area contributed by atoms with Gasteiger partial charge in [-0.05, 0) is 25.1 Å². The van der Waals surface area contributed by atoms with Crippen molar-refractivity contribution in [2.75, 3.05) is 5.73 Å². The van der Waals surface area contributed by atoms with Crippen LogP contribution in [0.15, 0.2) is 34.5 Å². The molecule has 0 spiro atoms. The van der Waals surface area contributed by atoms with Crippen LogP contribution < -0.4 is 5.73 Å². The predicted octanol–water partition coefficient (Wildman–Crippen LogP) is 3.37. The van der Waals surface area contributed by atoms with Gasteiger partial charge in [-0.1, -0.05) is 17.7 Å². The summed E-state index contributed by atoms with van der Waals surface area (Å²) < 4.78 is 0. The second kappa shape index (κ2) is 4.32. The Morgan fingerprint density at radius 1 is 1.38 bits per heavy atom. The lowest BCUT2D eigenvalue weighted by Gasteiger charge is -1.93. The monoisotopic (exact) mass is 235 g/mol. The second-order valence-electron chi connectivity index (χ2n) is 3.26. The topological polar surface area (TPSA) is 79.4 Å². The Hall–Kier alpha value is -1.88. The maximum atomic E-state index is 5.82. The van der Waals surface area contributed by atoms with Gasteiger partial charge in [-0.3, -0.25) is 5.10 Å². The van der Waals surface area contributed by atoms with E-state index in [0.717, 1.165) is 5.69 Å². The molecule has 5 nitrogen and oxygen atoms in total. The molecule has 0 saturated carbocycles. The van der Waals surface area contributed by atoms with Gasteiger partial charge in [0, 0.05) is 5.02 Å². The minimum absolute atomic E-state index is 0.336. The molecule has 0 bridgehead atoms. The molecule has 16 heavy (non-hydrogen) atoms. The van der Waals surface area contributed by atoms with Crippen molar-refractivity contribution in [1.82, 2.24) is 10.2 Å². The van der Waals surface area contributed by atoms with E-state index < -0.39 is 0 Å². The molecule has 0 atom stereocenters. The highest BCUT2D eigenvalue weighted by molar-refractivity contribution is 6.30. The third kappa shape index (κ3) is 2.20. The first-order valence-electron chi connectivity index (χ1n) is 4.64. The fraction of sp³-hybridized carbons (Fsp3) is 0.100. The third-order valence-electron chi connectivity index (χ3n) is 2.02. The average molecular weight is 236 g/mol. The van der Waals surface area contributed by atoms with Crippen LogP contribution in [0.25, 0.3) is 0 Å². The minimum atomic E-state index is 0.336. The number of hydrogen-bond donors (Lipinski definition) is 2. The molecule has 0 fully saturated rings. The van der Waals surface area contributed by atoms with Gasteiger partial charge >= 0.3 is 0 Å². The zero-order valence-electron chi connectivity index (χ0n) is 8.61. The van der Waals surface area contributed by atoms with Crippen LogP contribution in [0.4, 0.5) is 17.2 Å². The summed E-state index contributed by atoms with van der Waals surface area (Å²) in [4.78, 5) is 0. The van der Waals surface area contributed by atoms with Crippen LogP contribution in [0.5, 0.6) is 0 Å². The molecule has 2 aromatic rings. The summed E-state index contributed by atoms with van der Waals surface area (Å²) in [5.74, 6) is 0.336. The molecule has 0 saturated heterocycles. The van der Waals surface area contributed by atoms with E-state index in [1.54, 1.807) is 18.2 Å². The van der Waals surface area contributed by atoms with Crippen LogP contribution >= 0.6 is 11.6 Å². The zero-order valence-corrected chi connectivity index (χ0v) is 9.36. The van der Waals surface area contributed by atoms with Gasteiger partial charge in [-0.15, -0.1) is 5.11 Å². The Balaban J connectivity index is 2.28. The highest BCUT2D eigenvalue weighted by atomic mass is 35.5. The van der Waals surface area contributed by atoms with E-state index in [2.05, 4.69) is 20.4 Å². The quantitative estimate of drug-likeness (QED) is 0.783. The standard InChI is InChI=1S/C10H10ClN5/c1-6-9(10(12)16-13-6)15-14-8-4-2-3-7(11)5-8/h2-5H,1H3,(H3,12,13,16). The Labute approximate surface area is 97.3 Å². The van der Waals surface area contributed by atoms with Crippen LogP contribution in [0.1, 0.15) is 5.69 Å². The fourth-order valence-electron chi connectivity index (χ4n) is 1.21. The normalized spacial score (nSPS) is 11.1. The largest absolute Gasteiger partial charge is 0.380 e. The minimum Gasteiger partial charge on any atom is -0.380 e. The van der Waals surface area contributed by atoms with Crippen LogP contribution in [0, 0.1) is 6.92 Å². The SMILES string of the molecule is Cc1[nH]nc(N)c1N=Nc1cccc(Cl)c1. The van der Waals surface area contributed by atoms with Crippen molar-refractivity contribution in [2.45, 2.75) is 6.92 Å². The highest BCUT2D eigenvalue weighted by Gasteiger charge is 2.05. The molecule has 0 radical (unpaired) electrons. The molecule has 0 aliphatic rings. The Bertz CT molecular complexity index is 512. The fourth-order valence-corrected chi connectivity index (χ4v) is 1.40. The Morgan fingerprint density at radius 3 is 2.81 bits per heavy atom. The number of nitrogens with two attached hydrogens (primary N) is 1. The number of azo groups is 1. The number of hydrogen-bond acceptors (Lipinski definition) is 4. The summed E-state index contributed by atoms with van der Waals surface area (Å²) >= 11 is 5.82. The first kappa shape index (κ1) is 10.6. The van der Waals surface area contributed by atoms with Crippen molar-refractivity contribution in [3.05, 3.63) is 35.0 Å². The number of rotatable bonds is 2. The number of benzene rings is 1. The maximum Gasteiger partial charge on any atom is 0.173 e. The second-order valence-corrected chi connectivity index (χ2v) is 3.70. The molecule has 3 N–H and O–H groups in total. The molecule has 0 aliphatic carbocycles. The number of nitrogens with one attached hydrogen (secondary N) is 1. The number of halogens is 1. The van der Waals surface area contributed by atoms with E-state index in [9.17, 15) is 0 Å². The number of aromatic nitrogens is 2. The first-order valence-corrected chi connectivity index (χ1v) is 5.02. The van der Waals surface area contributed by atoms with E-state index in [-0.39, 0.29) is 0 Å². The molecule has 1 aromatic carbocycles. The van der Waals surface area contributed by atoms with Gasteiger partial charge in [0.2, 0.25) is 0 Å². The molecular formula is C10H10ClN5. The van der Waals surface area contributed by atoms with Crippen molar-refractivity contribution < 1.29 is 0 Å². The Morgan fingerprint density at radius 2 is 2.19 bits per heavy atom. The lowest BCUT2D eigenvalue weighted by atomic mass is 10.3. The smallest absolute Gasteiger partial charge is 0.173 e. The van der Waals surface area contributed by atoms with Crippen molar-refractivity contribution in [1.29, 1.82) is 0 Å². The molecule has 0 aliphatic heterocycles. The van der Waals surface area contributed by atoms with Crippen LogP contribution in [-0.4, -0.2) is 10.2 Å². The lowest BCUT2D eigenvalue weighted by Crippen LogP contribution is -1.83. The van der Waals surface area contributed by atoms with Gasteiger partial charge in [-0.2, -0.15) is 10.2 Å². The molecule has 2 rings (SSSR count). The maximum absolute atomic E-state index is 5.82. The molecule has 0 amide bonds. The van der Waals surface area contributed by atoms with Crippen LogP contribution in [-0.2, 0) is 0 Å². The molecule has 6 heteroatoms. The summed E-state index contributed by atoms with van der Waals surface area (Å²) in [7, 11) is 0. The van der Waals surface area contributed by atoms with Crippen molar-refractivity contribution in [3.63, 3.8) is 0 Å². The average Bonchev–Trinajstić information content (AvgIpc) is 2.56. The van der Waals surface area contributed by atoms with Gasteiger partial charge in [-0.25, -0.2) is 0 Å². The number of anilines is 1. The zero-order chi connectivity index (χ0) is 11.5. The van der Waals surface area contributed by atoms with Crippen molar-refractivity contribution in [3.8, 4) is 0 Å². The van der Waals surface area contributed by atoms with Gasteiger partial charge in [0.05, 0.1) is 11.4 Å². The summed E-state index contributed by atoms with van der Waals surface area (Å²) in [5.41, 5.74) is 7.62. The summed E-state index contributed by atoms with van der Waals surface area (Å²) in [5, 5.41) is 15.2. The number of aromatic amines is 1.